The highest BCUT2D eigenvalue weighted by molar-refractivity contribution is 6.99. The third-order valence-electron chi connectivity index (χ3n) is 9.79. The van der Waals surface area contributed by atoms with Gasteiger partial charge in [-0.05, 0) is 59.7 Å². The average molecular weight is 571 g/mol. The summed E-state index contributed by atoms with van der Waals surface area (Å²) in [5.41, 5.74) is 14.0. The minimum atomic E-state index is 0.206. The third kappa shape index (κ3) is 3.47. The molecule has 0 fully saturated rings. The SMILES string of the molecule is c1ccc(-n2c3ccc(B4c5ccccc5-c5ccccc54)cc3c3cc(-n4c5ccccc5c5ccccc54)ccc32)cc1. The molecule has 0 atom stereocenters. The van der Waals surface area contributed by atoms with Crippen molar-refractivity contribution in [1.82, 2.24) is 9.13 Å². The minimum Gasteiger partial charge on any atom is -0.309 e. The van der Waals surface area contributed by atoms with Gasteiger partial charge in [-0.1, -0.05) is 132 Å². The summed E-state index contributed by atoms with van der Waals surface area (Å²) < 4.78 is 4.84. The summed E-state index contributed by atoms with van der Waals surface area (Å²) in [5, 5.41) is 5.09. The van der Waals surface area contributed by atoms with Crippen molar-refractivity contribution in [3.63, 3.8) is 0 Å². The maximum Gasteiger partial charge on any atom is 0.242 e. The van der Waals surface area contributed by atoms with Crippen LogP contribution in [0.15, 0.2) is 164 Å². The van der Waals surface area contributed by atoms with E-state index in [1.807, 2.05) is 0 Å². The predicted octanol–water partition coefficient (Wildman–Crippen LogP) is 8.38. The molecule has 0 saturated carbocycles. The number of hydrogen-bond acceptors (Lipinski definition) is 0. The molecule has 0 bridgehead atoms. The first-order chi connectivity index (χ1) is 22.3. The van der Waals surface area contributed by atoms with E-state index in [4.69, 9.17) is 0 Å². The molecule has 0 radical (unpaired) electrons. The third-order valence-corrected chi connectivity index (χ3v) is 9.79. The molecule has 2 aromatic heterocycles. The summed E-state index contributed by atoms with van der Waals surface area (Å²) in [7, 11) is 0. The van der Waals surface area contributed by atoms with Gasteiger partial charge in [-0.3, -0.25) is 0 Å². The number of hydrogen-bond donors (Lipinski definition) is 0. The zero-order valence-electron chi connectivity index (χ0n) is 24.6. The van der Waals surface area contributed by atoms with Crippen LogP contribution >= 0.6 is 0 Å². The predicted molar refractivity (Wildman–Crippen MR) is 192 cm³/mol. The van der Waals surface area contributed by atoms with Crippen LogP contribution in [-0.2, 0) is 0 Å². The quantitative estimate of drug-likeness (QED) is 0.189. The zero-order chi connectivity index (χ0) is 29.5. The topological polar surface area (TPSA) is 9.86 Å². The average Bonchev–Trinajstić information content (AvgIpc) is 3.74. The van der Waals surface area contributed by atoms with E-state index < -0.39 is 0 Å². The minimum absolute atomic E-state index is 0.206. The second-order valence-electron chi connectivity index (χ2n) is 12.1. The highest BCUT2D eigenvalue weighted by atomic mass is 15.0. The van der Waals surface area contributed by atoms with Gasteiger partial charge in [0.2, 0.25) is 6.71 Å². The molecular weight excluding hydrogens is 543 g/mol. The highest BCUT2D eigenvalue weighted by Gasteiger charge is 2.33. The first kappa shape index (κ1) is 24.6. The maximum atomic E-state index is 2.45. The Hall–Kier alpha value is -5.80. The summed E-state index contributed by atoms with van der Waals surface area (Å²) >= 11 is 0. The lowest BCUT2D eigenvalue weighted by molar-refractivity contribution is 1.17. The summed E-state index contributed by atoms with van der Waals surface area (Å²) in [6.45, 7) is 0.206. The standard InChI is InChI=1S/C42H27BN2/c1-2-12-29(13-3-1)44-41-24-22-28(43-37-18-8-4-14-31(37)32-15-5-9-19-38(32)43)26-35(41)36-27-30(23-25-42(36)44)45-39-20-10-6-16-33(39)34-17-7-11-21-40(34)45/h1-27H. The molecule has 10 rings (SSSR count). The van der Waals surface area contributed by atoms with Crippen molar-refractivity contribution in [1.29, 1.82) is 0 Å². The number of benzene rings is 7. The molecular formula is C42H27BN2. The summed E-state index contributed by atoms with van der Waals surface area (Å²) in [4.78, 5) is 0. The molecule has 0 N–H and O–H groups in total. The van der Waals surface area contributed by atoms with Crippen molar-refractivity contribution >= 4 is 66.7 Å². The first-order valence-corrected chi connectivity index (χ1v) is 15.7. The second-order valence-corrected chi connectivity index (χ2v) is 12.1. The van der Waals surface area contributed by atoms with Gasteiger partial charge >= 0.3 is 0 Å². The monoisotopic (exact) mass is 570 g/mol. The van der Waals surface area contributed by atoms with Crippen LogP contribution in [0.5, 0.6) is 0 Å². The lowest BCUT2D eigenvalue weighted by Crippen LogP contribution is -2.48. The molecule has 1 aliphatic rings. The summed E-state index contributed by atoms with van der Waals surface area (Å²) in [6, 6.07) is 60.2. The molecule has 0 aliphatic carbocycles. The molecule has 3 heterocycles. The molecule has 45 heavy (non-hydrogen) atoms. The van der Waals surface area contributed by atoms with Crippen molar-refractivity contribution < 1.29 is 0 Å². The van der Waals surface area contributed by atoms with Gasteiger partial charge in [-0.15, -0.1) is 0 Å². The Morgan fingerprint density at radius 2 is 0.822 bits per heavy atom. The van der Waals surface area contributed by atoms with E-state index in [1.165, 1.54) is 82.5 Å². The number of nitrogens with zero attached hydrogens (tertiary/aromatic N) is 2. The Morgan fingerprint density at radius 1 is 0.333 bits per heavy atom. The number of para-hydroxylation sites is 3. The van der Waals surface area contributed by atoms with Crippen LogP contribution in [0, 0.1) is 0 Å². The molecule has 0 unspecified atom stereocenters. The van der Waals surface area contributed by atoms with E-state index in [-0.39, 0.29) is 6.71 Å². The van der Waals surface area contributed by atoms with Gasteiger partial charge < -0.3 is 9.13 Å². The molecule has 0 spiro atoms. The fourth-order valence-electron chi connectivity index (χ4n) is 7.92. The van der Waals surface area contributed by atoms with Crippen LogP contribution in [0.2, 0.25) is 0 Å². The van der Waals surface area contributed by atoms with E-state index in [2.05, 4.69) is 173 Å². The Bertz CT molecular complexity index is 2510. The van der Waals surface area contributed by atoms with Gasteiger partial charge in [0.25, 0.3) is 0 Å². The molecule has 1 aliphatic heterocycles. The van der Waals surface area contributed by atoms with E-state index in [9.17, 15) is 0 Å². The number of rotatable bonds is 3. The van der Waals surface area contributed by atoms with E-state index in [1.54, 1.807) is 0 Å². The van der Waals surface area contributed by atoms with Crippen LogP contribution in [0.25, 0.3) is 66.1 Å². The number of aromatic nitrogens is 2. The smallest absolute Gasteiger partial charge is 0.242 e. The van der Waals surface area contributed by atoms with E-state index in [0.29, 0.717) is 0 Å². The first-order valence-electron chi connectivity index (χ1n) is 15.7. The van der Waals surface area contributed by atoms with Crippen LogP contribution in [0.4, 0.5) is 0 Å². The number of fused-ring (bicyclic) bond motifs is 9. The van der Waals surface area contributed by atoms with Crippen molar-refractivity contribution in [3.8, 4) is 22.5 Å². The van der Waals surface area contributed by atoms with Crippen LogP contribution in [0.1, 0.15) is 0 Å². The normalized spacial score (nSPS) is 12.4. The van der Waals surface area contributed by atoms with Gasteiger partial charge in [0, 0.05) is 32.9 Å². The van der Waals surface area contributed by atoms with E-state index >= 15 is 0 Å². The van der Waals surface area contributed by atoms with Gasteiger partial charge in [0.1, 0.15) is 0 Å². The Labute approximate surface area is 261 Å². The molecule has 7 aromatic carbocycles. The van der Waals surface area contributed by atoms with Crippen molar-refractivity contribution in [2.24, 2.45) is 0 Å². The lowest BCUT2D eigenvalue weighted by Gasteiger charge is -2.12. The van der Waals surface area contributed by atoms with Crippen molar-refractivity contribution in [3.05, 3.63) is 164 Å². The fraction of sp³-hybridized carbons (Fsp3) is 0. The molecule has 3 heteroatoms. The molecule has 208 valence electrons. The van der Waals surface area contributed by atoms with Gasteiger partial charge in [-0.2, -0.15) is 0 Å². The Kier molecular flexibility index (Phi) is 5.12. The largest absolute Gasteiger partial charge is 0.309 e. The Balaban J connectivity index is 1.27. The van der Waals surface area contributed by atoms with Crippen LogP contribution in [0.3, 0.4) is 0 Å². The van der Waals surface area contributed by atoms with Crippen LogP contribution < -0.4 is 16.4 Å². The molecule has 0 saturated heterocycles. The summed E-state index contributed by atoms with van der Waals surface area (Å²) in [6.07, 6.45) is 0. The van der Waals surface area contributed by atoms with Crippen molar-refractivity contribution in [2.75, 3.05) is 0 Å². The van der Waals surface area contributed by atoms with Gasteiger partial charge in [0.15, 0.2) is 0 Å². The Morgan fingerprint density at radius 3 is 1.49 bits per heavy atom. The highest BCUT2D eigenvalue weighted by Crippen LogP contribution is 2.37. The second kappa shape index (κ2) is 9.35. The molecule has 9 aromatic rings. The molecule has 0 amide bonds. The van der Waals surface area contributed by atoms with Gasteiger partial charge in [0.05, 0.1) is 22.1 Å². The lowest BCUT2D eigenvalue weighted by atomic mass is 9.39. The van der Waals surface area contributed by atoms with Gasteiger partial charge in [-0.25, -0.2) is 0 Å². The molecule has 2 nitrogen and oxygen atoms in total. The maximum absolute atomic E-state index is 2.45. The van der Waals surface area contributed by atoms with Crippen LogP contribution in [-0.4, -0.2) is 15.8 Å². The fourth-order valence-corrected chi connectivity index (χ4v) is 7.92. The van der Waals surface area contributed by atoms with Crippen molar-refractivity contribution in [2.45, 2.75) is 0 Å². The summed E-state index contributed by atoms with van der Waals surface area (Å²) in [5.74, 6) is 0. The zero-order valence-corrected chi connectivity index (χ0v) is 24.6. The van der Waals surface area contributed by atoms with E-state index in [0.717, 1.165) is 0 Å².